The Morgan fingerprint density at radius 2 is 0.793 bits per heavy atom. The first-order valence-corrected chi connectivity index (χ1v) is 12.7. The summed E-state index contributed by atoms with van der Waals surface area (Å²) < 4.78 is 26.6. The molecule has 0 saturated heterocycles. The van der Waals surface area contributed by atoms with Crippen molar-refractivity contribution in [2.75, 3.05) is 0 Å². The van der Waals surface area contributed by atoms with E-state index in [-0.39, 0.29) is 5.92 Å². The molecule has 0 radical (unpaired) electrons. The smallest absolute Gasteiger partial charge is 0.388 e. The molecule has 12 N–H and O–H groups in total. The zero-order valence-electron chi connectivity index (χ0n) is 15.9. The molecule has 0 aromatic heterocycles. The van der Waals surface area contributed by atoms with Crippen molar-refractivity contribution < 1.29 is 73.1 Å². The highest BCUT2D eigenvalue weighted by Crippen LogP contribution is 2.26. The minimum absolute atomic E-state index is 0.0369. The van der Waals surface area contributed by atoms with Gasteiger partial charge in [0.2, 0.25) is 0 Å². The average molecular weight is 498 g/mol. The summed E-state index contributed by atoms with van der Waals surface area (Å²) in [6.45, 7) is 4.19. The molecule has 1 atom stereocenters. The molecule has 18 heteroatoms. The third-order valence-electron chi connectivity index (χ3n) is 2.65. The van der Waals surface area contributed by atoms with Gasteiger partial charge in [-0.05, 0) is 18.8 Å². The number of aliphatic hydroxyl groups is 3. The summed E-state index contributed by atoms with van der Waals surface area (Å²) in [5.74, 6) is 0.0369. The van der Waals surface area contributed by atoms with E-state index in [1.165, 1.54) is 0 Å². The summed E-state index contributed by atoms with van der Waals surface area (Å²) in [6, 6.07) is 0. The molecule has 0 aromatic rings. The van der Waals surface area contributed by atoms with Crippen molar-refractivity contribution in [3.05, 3.63) is 0 Å². The first-order chi connectivity index (χ1) is 12.6. The van der Waals surface area contributed by atoms with Gasteiger partial charge in [-0.1, -0.05) is 39.5 Å². The lowest BCUT2D eigenvalue weighted by molar-refractivity contribution is -0.143. The molecule has 0 rings (SSSR count). The third kappa shape index (κ3) is 73.8. The molecule has 0 heterocycles. The first kappa shape index (κ1) is 36.6. The summed E-state index contributed by atoms with van der Waals surface area (Å²) in [5.41, 5.74) is 0. The Hall–Kier alpha value is 0.210. The first-order valence-electron chi connectivity index (χ1n) is 8.02. The Bertz CT molecular complexity index is 415. The van der Waals surface area contributed by atoms with Crippen molar-refractivity contribution in [2.45, 2.75) is 64.8 Å². The molecule has 29 heavy (non-hydrogen) atoms. The maximum Gasteiger partial charge on any atom is 0.466 e. The fourth-order valence-electron chi connectivity index (χ4n) is 1.66. The van der Waals surface area contributed by atoms with Crippen molar-refractivity contribution in [2.24, 2.45) is 5.92 Å². The third-order valence-corrected chi connectivity index (χ3v) is 2.65. The molecule has 0 bridgehead atoms. The Kier molecular flexibility index (Phi) is 23.9. The zero-order chi connectivity index (χ0) is 24.5. The number of hydrogen-bond donors (Lipinski definition) is 12. The molecule has 0 amide bonds. The number of hydrogen-bond acceptors (Lipinski definition) is 6. The van der Waals surface area contributed by atoms with Crippen LogP contribution in [-0.2, 0) is 13.7 Å². The van der Waals surface area contributed by atoms with Gasteiger partial charge in [0.15, 0.2) is 6.29 Å². The molecule has 1 unspecified atom stereocenters. The fraction of sp³-hybridized carbons (Fsp3) is 1.00. The molecule has 0 aliphatic heterocycles. The van der Waals surface area contributed by atoms with Crippen LogP contribution < -0.4 is 0 Å². The lowest BCUT2D eigenvalue weighted by atomic mass is 9.90. The second-order valence-electron chi connectivity index (χ2n) is 5.49. The van der Waals surface area contributed by atoms with Crippen LogP contribution in [-0.4, -0.2) is 71.8 Å². The monoisotopic (exact) mass is 498 g/mol. The van der Waals surface area contributed by atoms with Gasteiger partial charge < -0.3 is 59.4 Å². The van der Waals surface area contributed by atoms with E-state index >= 15 is 0 Å². The van der Waals surface area contributed by atoms with E-state index in [0.717, 1.165) is 38.5 Å². The summed E-state index contributed by atoms with van der Waals surface area (Å²) >= 11 is 0. The number of phosphoric acid groups is 3. The van der Waals surface area contributed by atoms with Crippen LogP contribution in [0.5, 0.6) is 0 Å². The van der Waals surface area contributed by atoms with Crippen LogP contribution in [0.15, 0.2) is 0 Å². The minimum atomic E-state index is -4.64. The molecule has 182 valence electrons. The molecule has 15 nitrogen and oxygen atoms in total. The van der Waals surface area contributed by atoms with Crippen LogP contribution in [0.2, 0.25) is 0 Å². The van der Waals surface area contributed by atoms with E-state index in [4.69, 9.17) is 67.9 Å². The summed E-state index contributed by atoms with van der Waals surface area (Å²) in [4.78, 5) is 64.7. The van der Waals surface area contributed by atoms with Crippen LogP contribution in [0, 0.1) is 5.92 Å². The van der Waals surface area contributed by atoms with Gasteiger partial charge in [0, 0.05) is 0 Å². The van der Waals surface area contributed by atoms with Gasteiger partial charge in [-0.25, -0.2) is 13.7 Å². The molecule has 0 fully saturated rings. The number of unbranched alkanes of at least 4 members (excludes halogenated alkanes) is 2. The average Bonchev–Trinajstić information content (AvgIpc) is 2.41. The standard InChI is InChI=1S/C11H24O3.3H3O4P/c1-3-5-7-9(8-6-4-2)10(12)11(13)14;3*1-5(2,3)4/h9-14H,3-8H2,1-2H3;3*(H3,1,2,3,4). The highest BCUT2D eigenvalue weighted by Gasteiger charge is 2.23. The van der Waals surface area contributed by atoms with Crippen molar-refractivity contribution in [1.29, 1.82) is 0 Å². The minimum Gasteiger partial charge on any atom is -0.388 e. The fourth-order valence-corrected chi connectivity index (χ4v) is 1.66. The van der Waals surface area contributed by atoms with E-state index < -0.39 is 35.9 Å². The predicted molar refractivity (Wildman–Crippen MR) is 99.6 cm³/mol. The Morgan fingerprint density at radius 3 is 0.931 bits per heavy atom. The SMILES string of the molecule is CCCCC(CCCC)C(O)C(O)O.O=P(O)(O)O.O=P(O)(O)O.O=P(O)(O)O. The van der Waals surface area contributed by atoms with Gasteiger partial charge in [0.05, 0.1) is 0 Å². The molecular formula is C11H33O15P3. The lowest BCUT2D eigenvalue weighted by Crippen LogP contribution is -2.33. The van der Waals surface area contributed by atoms with E-state index in [1.807, 2.05) is 0 Å². The predicted octanol–water partition coefficient (Wildman–Crippen LogP) is -1.13. The maximum absolute atomic E-state index is 9.54. The molecule has 0 spiro atoms. The van der Waals surface area contributed by atoms with Crippen molar-refractivity contribution in [3.63, 3.8) is 0 Å². The van der Waals surface area contributed by atoms with E-state index in [1.54, 1.807) is 0 Å². The van der Waals surface area contributed by atoms with Crippen LogP contribution in [0.4, 0.5) is 0 Å². The Morgan fingerprint density at radius 1 is 0.586 bits per heavy atom. The topological polar surface area (TPSA) is 294 Å². The van der Waals surface area contributed by atoms with Crippen LogP contribution in [0.1, 0.15) is 52.4 Å². The Labute approximate surface area is 168 Å². The highest BCUT2D eigenvalue weighted by molar-refractivity contribution is 7.45. The number of rotatable bonds is 8. The van der Waals surface area contributed by atoms with Crippen molar-refractivity contribution in [3.8, 4) is 0 Å². The maximum atomic E-state index is 9.54. The lowest BCUT2D eigenvalue weighted by Gasteiger charge is -2.23. The number of aliphatic hydroxyl groups excluding tert-OH is 2. The van der Waals surface area contributed by atoms with Gasteiger partial charge in [0.1, 0.15) is 6.10 Å². The Balaban J connectivity index is -0.000000171. The summed E-state index contributed by atoms with van der Waals surface area (Å²) in [5, 5.41) is 27.3. The molecule has 0 aliphatic carbocycles. The molecule has 0 saturated carbocycles. The van der Waals surface area contributed by atoms with Gasteiger partial charge >= 0.3 is 23.5 Å². The van der Waals surface area contributed by atoms with E-state index in [0.29, 0.717) is 0 Å². The van der Waals surface area contributed by atoms with Gasteiger partial charge in [0.25, 0.3) is 0 Å². The second-order valence-corrected chi connectivity index (χ2v) is 8.57. The largest absolute Gasteiger partial charge is 0.466 e. The summed E-state index contributed by atoms with van der Waals surface area (Å²) in [6.07, 6.45) is 3.44. The van der Waals surface area contributed by atoms with Crippen molar-refractivity contribution in [1.82, 2.24) is 0 Å². The molecule has 0 aliphatic rings. The van der Waals surface area contributed by atoms with Crippen LogP contribution in [0.25, 0.3) is 0 Å². The van der Waals surface area contributed by atoms with Gasteiger partial charge in [-0.3, -0.25) is 0 Å². The quantitative estimate of drug-likeness (QED) is 0.139. The normalized spacial score (nSPS) is 12.8. The van der Waals surface area contributed by atoms with Crippen LogP contribution >= 0.6 is 23.5 Å². The summed E-state index contributed by atoms with van der Waals surface area (Å²) in [7, 11) is -13.9. The van der Waals surface area contributed by atoms with Gasteiger partial charge in [-0.2, -0.15) is 0 Å². The molecule has 0 aromatic carbocycles. The molecular weight excluding hydrogens is 465 g/mol. The zero-order valence-corrected chi connectivity index (χ0v) is 18.6. The van der Waals surface area contributed by atoms with Crippen molar-refractivity contribution >= 4 is 23.5 Å². The highest BCUT2D eigenvalue weighted by atomic mass is 31.2. The van der Waals surface area contributed by atoms with E-state index in [2.05, 4.69) is 13.8 Å². The van der Waals surface area contributed by atoms with E-state index in [9.17, 15) is 5.11 Å². The van der Waals surface area contributed by atoms with Gasteiger partial charge in [-0.15, -0.1) is 0 Å². The van der Waals surface area contributed by atoms with Crippen LogP contribution in [0.3, 0.4) is 0 Å². The second kappa shape index (κ2) is 18.9.